The van der Waals surface area contributed by atoms with Crippen LogP contribution >= 0.6 is 23.6 Å². The molecule has 6 nitrogen and oxygen atoms in total. The molecule has 0 radical (unpaired) electrons. The van der Waals surface area contributed by atoms with E-state index in [9.17, 15) is 0 Å². The molecule has 0 aliphatic carbocycles. The summed E-state index contributed by atoms with van der Waals surface area (Å²) in [5.74, 6) is 0.765. The van der Waals surface area contributed by atoms with Crippen LogP contribution in [0.4, 0.5) is 5.69 Å². The first-order valence-corrected chi connectivity index (χ1v) is 8.36. The normalized spacial score (nSPS) is 18.3. The number of aromatic amines is 1. The van der Waals surface area contributed by atoms with Crippen LogP contribution in [0, 0.1) is 4.77 Å². The lowest BCUT2D eigenvalue weighted by Crippen LogP contribution is -2.16. The van der Waals surface area contributed by atoms with Crippen LogP contribution in [-0.2, 0) is 11.3 Å². The Morgan fingerprint density at radius 1 is 1.55 bits per heavy atom. The van der Waals surface area contributed by atoms with Crippen molar-refractivity contribution >= 4 is 39.5 Å². The molecule has 1 atom stereocenters. The Morgan fingerprint density at radius 2 is 2.45 bits per heavy atom. The van der Waals surface area contributed by atoms with E-state index in [1.807, 2.05) is 16.7 Å². The van der Waals surface area contributed by atoms with Gasteiger partial charge < -0.3 is 10.5 Å². The molecule has 4 rings (SSSR count). The third kappa shape index (κ3) is 2.23. The molecule has 8 heteroatoms. The highest BCUT2D eigenvalue weighted by Gasteiger charge is 2.22. The Labute approximate surface area is 135 Å². The van der Waals surface area contributed by atoms with E-state index < -0.39 is 0 Å². The van der Waals surface area contributed by atoms with Gasteiger partial charge in [0, 0.05) is 18.2 Å². The van der Waals surface area contributed by atoms with E-state index in [0.29, 0.717) is 17.0 Å². The molecule has 22 heavy (non-hydrogen) atoms. The van der Waals surface area contributed by atoms with E-state index in [-0.39, 0.29) is 6.10 Å². The van der Waals surface area contributed by atoms with Crippen molar-refractivity contribution in [3.63, 3.8) is 0 Å². The first-order chi connectivity index (χ1) is 10.7. The number of anilines is 1. The summed E-state index contributed by atoms with van der Waals surface area (Å²) in [6, 6.07) is 3.86. The molecule has 0 amide bonds. The van der Waals surface area contributed by atoms with Gasteiger partial charge >= 0.3 is 0 Å². The van der Waals surface area contributed by atoms with Gasteiger partial charge in [0.05, 0.1) is 23.2 Å². The smallest absolute Gasteiger partial charge is 0.195 e. The summed E-state index contributed by atoms with van der Waals surface area (Å²) in [6.45, 7) is 1.52. The molecule has 0 saturated carbocycles. The summed E-state index contributed by atoms with van der Waals surface area (Å²) >= 11 is 6.90. The molecule has 4 heterocycles. The predicted octanol–water partition coefficient (Wildman–Crippen LogP) is 2.98. The minimum Gasteiger partial charge on any atom is -0.397 e. The predicted molar refractivity (Wildman–Crippen MR) is 89.4 cm³/mol. The SMILES string of the molecule is Nc1c(-c2n[nH]c(=S)n2C[C@@H]2CCCO2)sc2ncccc12. The van der Waals surface area contributed by atoms with Crippen LogP contribution in [0.2, 0.25) is 0 Å². The molecule has 3 aromatic rings. The second-order valence-corrected chi connectivity index (χ2v) is 6.68. The monoisotopic (exact) mass is 333 g/mol. The number of pyridine rings is 1. The first kappa shape index (κ1) is 13.9. The van der Waals surface area contributed by atoms with Crippen molar-refractivity contribution in [3.8, 4) is 10.7 Å². The zero-order valence-electron chi connectivity index (χ0n) is 11.8. The van der Waals surface area contributed by atoms with Gasteiger partial charge in [0.25, 0.3) is 0 Å². The maximum Gasteiger partial charge on any atom is 0.195 e. The molecule has 3 N–H and O–H groups in total. The fourth-order valence-electron chi connectivity index (χ4n) is 2.77. The summed E-state index contributed by atoms with van der Waals surface area (Å²) in [5, 5.41) is 8.21. The number of H-pyrrole nitrogens is 1. The third-order valence-electron chi connectivity index (χ3n) is 3.88. The lowest BCUT2D eigenvalue weighted by Gasteiger charge is -2.11. The largest absolute Gasteiger partial charge is 0.397 e. The molecular weight excluding hydrogens is 318 g/mol. The van der Waals surface area contributed by atoms with E-state index >= 15 is 0 Å². The molecule has 0 spiro atoms. The van der Waals surface area contributed by atoms with Gasteiger partial charge in [0.2, 0.25) is 0 Å². The number of aromatic nitrogens is 4. The highest BCUT2D eigenvalue weighted by Crippen LogP contribution is 2.39. The molecule has 1 fully saturated rings. The molecule has 3 aromatic heterocycles. The van der Waals surface area contributed by atoms with Gasteiger partial charge in [0.1, 0.15) is 4.83 Å². The van der Waals surface area contributed by atoms with E-state index in [2.05, 4.69) is 15.2 Å². The number of nitrogens with two attached hydrogens (primary N) is 1. The summed E-state index contributed by atoms with van der Waals surface area (Å²) in [4.78, 5) is 6.18. The number of nitrogens with one attached hydrogen (secondary N) is 1. The number of fused-ring (bicyclic) bond motifs is 1. The van der Waals surface area contributed by atoms with Gasteiger partial charge in [-0.2, -0.15) is 5.10 Å². The fourth-order valence-corrected chi connectivity index (χ4v) is 4.04. The van der Waals surface area contributed by atoms with Gasteiger partial charge in [-0.3, -0.25) is 9.67 Å². The molecule has 1 saturated heterocycles. The molecule has 1 aliphatic heterocycles. The van der Waals surface area contributed by atoms with Crippen LogP contribution in [0.1, 0.15) is 12.8 Å². The molecule has 0 aromatic carbocycles. The number of rotatable bonds is 3. The Morgan fingerprint density at radius 3 is 3.23 bits per heavy atom. The van der Waals surface area contributed by atoms with E-state index in [0.717, 1.165) is 40.4 Å². The highest BCUT2D eigenvalue weighted by molar-refractivity contribution is 7.71. The van der Waals surface area contributed by atoms with Gasteiger partial charge in [-0.1, -0.05) is 0 Å². The molecule has 0 bridgehead atoms. The number of hydrogen-bond acceptors (Lipinski definition) is 6. The molecular formula is C14H15N5OS2. The van der Waals surface area contributed by atoms with Crippen molar-refractivity contribution in [2.24, 2.45) is 0 Å². The lowest BCUT2D eigenvalue weighted by atomic mass is 10.2. The fraction of sp³-hybridized carbons (Fsp3) is 0.357. The van der Waals surface area contributed by atoms with E-state index in [4.69, 9.17) is 22.7 Å². The first-order valence-electron chi connectivity index (χ1n) is 7.14. The summed E-state index contributed by atoms with van der Waals surface area (Å²) < 4.78 is 8.28. The van der Waals surface area contributed by atoms with Crippen molar-refractivity contribution in [2.45, 2.75) is 25.5 Å². The second-order valence-electron chi connectivity index (χ2n) is 5.30. The lowest BCUT2D eigenvalue weighted by molar-refractivity contribution is 0.0970. The minimum absolute atomic E-state index is 0.191. The zero-order chi connectivity index (χ0) is 15.1. The van der Waals surface area contributed by atoms with Crippen molar-refractivity contribution in [1.29, 1.82) is 0 Å². The van der Waals surface area contributed by atoms with Crippen molar-refractivity contribution in [2.75, 3.05) is 12.3 Å². The average Bonchev–Trinajstić information content (AvgIpc) is 3.23. The van der Waals surface area contributed by atoms with Gasteiger partial charge in [-0.05, 0) is 37.2 Å². The standard InChI is InChI=1S/C14H15N5OS2/c15-10-9-4-1-5-16-13(9)22-11(10)12-17-18-14(21)19(12)7-8-3-2-6-20-8/h1,4-5,8H,2-3,6-7,15H2,(H,18,21)/t8-/m0/s1. The van der Waals surface area contributed by atoms with Crippen LogP contribution in [0.15, 0.2) is 18.3 Å². The minimum atomic E-state index is 0.191. The van der Waals surface area contributed by atoms with Gasteiger partial charge in [-0.25, -0.2) is 4.98 Å². The number of nitrogen functional groups attached to an aromatic ring is 1. The Kier molecular flexibility index (Phi) is 3.44. The van der Waals surface area contributed by atoms with Crippen LogP contribution < -0.4 is 5.73 Å². The van der Waals surface area contributed by atoms with Crippen LogP contribution in [0.3, 0.4) is 0 Å². The third-order valence-corrected chi connectivity index (χ3v) is 5.31. The zero-order valence-corrected chi connectivity index (χ0v) is 13.4. The molecule has 1 aliphatic rings. The van der Waals surface area contributed by atoms with Crippen LogP contribution in [0.25, 0.3) is 20.9 Å². The average molecular weight is 333 g/mol. The van der Waals surface area contributed by atoms with E-state index in [1.165, 1.54) is 11.3 Å². The van der Waals surface area contributed by atoms with Crippen molar-refractivity contribution in [3.05, 3.63) is 23.1 Å². The van der Waals surface area contributed by atoms with Crippen molar-refractivity contribution in [1.82, 2.24) is 19.7 Å². The quantitative estimate of drug-likeness (QED) is 0.720. The number of hydrogen-bond donors (Lipinski definition) is 2. The highest BCUT2D eigenvalue weighted by atomic mass is 32.1. The topological polar surface area (TPSA) is 81.8 Å². The summed E-state index contributed by atoms with van der Waals surface area (Å²) in [6.07, 6.45) is 4.11. The Balaban J connectivity index is 1.81. The summed E-state index contributed by atoms with van der Waals surface area (Å²) in [7, 11) is 0. The van der Waals surface area contributed by atoms with Crippen LogP contribution in [0.5, 0.6) is 0 Å². The van der Waals surface area contributed by atoms with Crippen molar-refractivity contribution < 1.29 is 4.74 Å². The Bertz CT molecular complexity index is 875. The second kappa shape index (κ2) is 5.45. The molecule has 0 unspecified atom stereocenters. The maximum absolute atomic E-state index is 6.30. The van der Waals surface area contributed by atoms with Gasteiger partial charge in [-0.15, -0.1) is 11.3 Å². The molecule has 114 valence electrons. The Hall–Kier alpha value is -1.77. The maximum atomic E-state index is 6.30. The summed E-state index contributed by atoms with van der Waals surface area (Å²) in [5.41, 5.74) is 7.00. The number of nitrogens with zero attached hydrogens (tertiary/aromatic N) is 3. The number of ether oxygens (including phenoxy) is 1. The van der Waals surface area contributed by atoms with E-state index in [1.54, 1.807) is 6.20 Å². The number of thiophene rings is 1. The van der Waals surface area contributed by atoms with Crippen LogP contribution in [-0.4, -0.2) is 32.5 Å². The van der Waals surface area contributed by atoms with Gasteiger partial charge in [0.15, 0.2) is 10.6 Å².